The molecule has 0 saturated heterocycles. The van der Waals surface area contributed by atoms with Crippen LogP contribution in [0.25, 0.3) is 0 Å². The molecule has 2 aromatic heterocycles. The molecule has 0 unspecified atom stereocenters. The van der Waals surface area contributed by atoms with E-state index in [1.54, 1.807) is 13.1 Å². The topological polar surface area (TPSA) is 64.7 Å². The summed E-state index contributed by atoms with van der Waals surface area (Å²) in [5.41, 5.74) is 1.56. The van der Waals surface area contributed by atoms with E-state index in [4.69, 9.17) is 11.6 Å². The Morgan fingerprint density at radius 1 is 1.42 bits per heavy atom. The second-order valence-corrected chi connectivity index (χ2v) is 4.61. The number of amides is 1. The van der Waals surface area contributed by atoms with Gasteiger partial charge in [0.2, 0.25) is 5.91 Å². The van der Waals surface area contributed by atoms with Gasteiger partial charge in [0.25, 0.3) is 0 Å². The number of hydrogen-bond acceptors (Lipinski definition) is 3. The van der Waals surface area contributed by atoms with Gasteiger partial charge in [-0.15, -0.1) is 0 Å². The molecule has 0 aromatic carbocycles. The summed E-state index contributed by atoms with van der Waals surface area (Å²) < 4.78 is 3.34. The summed E-state index contributed by atoms with van der Waals surface area (Å²) in [4.78, 5) is 11.7. The molecule has 19 heavy (non-hydrogen) atoms. The zero-order valence-corrected chi connectivity index (χ0v) is 11.7. The van der Waals surface area contributed by atoms with E-state index in [-0.39, 0.29) is 12.5 Å². The van der Waals surface area contributed by atoms with Crippen LogP contribution < -0.4 is 5.32 Å². The highest BCUT2D eigenvalue weighted by atomic mass is 35.5. The van der Waals surface area contributed by atoms with Crippen LogP contribution in [0, 0.1) is 6.92 Å². The van der Waals surface area contributed by atoms with Crippen LogP contribution in [-0.4, -0.2) is 25.5 Å². The smallest absolute Gasteiger partial charge is 0.242 e. The van der Waals surface area contributed by atoms with Crippen molar-refractivity contribution >= 4 is 17.5 Å². The van der Waals surface area contributed by atoms with E-state index in [0.717, 1.165) is 17.9 Å². The third-order valence-electron chi connectivity index (χ3n) is 2.68. The summed E-state index contributed by atoms with van der Waals surface area (Å²) in [6, 6.07) is 1.89. The van der Waals surface area contributed by atoms with Gasteiger partial charge in [-0.25, -0.2) is 0 Å². The Morgan fingerprint density at radius 3 is 2.79 bits per heavy atom. The maximum atomic E-state index is 11.7. The standard InChI is InChI=1S/C12H16ClN5O/c1-3-17-5-4-10(16-17)6-14-12(19)8-18-7-11(13)9(2)15-18/h4-5,7H,3,6,8H2,1-2H3,(H,14,19). The van der Waals surface area contributed by atoms with Gasteiger partial charge in [-0.1, -0.05) is 11.6 Å². The van der Waals surface area contributed by atoms with Gasteiger partial charge >= 0.3 is 0 Å². The Balaban J connectivity index is 1.84. The summed E-state index contributed by atoms with van der Waals surface area (Å²) in [6.45, 7) is 5.20. The number of hydrogen-bond donors (Lipinski definition) is 1. The molecule has 7 heteroatoms. The van der Waals surface area contributed by atoms with Gasteiger partial charge in [-0.3, -0.25) is 14.2 Å². The maximum absolute atomic E-state index is 11.7. The fourth-order valence-electron chi connectivity index (χ4n) is 1.64. The van der Waals surface area contributed by atoms with Crippen LogP contribution in [0.5, 0.6) is 0 Å². The Bertz CT molecular complexity index is 555. The molecule has 0 aliphatic rings. The van der Waals surface area contributed by atoms with Crippen LogP contribution in [0.1, 0.15) is 18.3 Å². The minimum atomic E-state index is -0.120. The molecular weight excluding hydrogens is 266 g/mol. The first kappa shape index (κ1) is 13.6. The Hall–Kier alpha value is -1.82. The first-order valence-corrected chi connectivity index (χ1v) is 6.45. The van der Waals surface area contributed by atoms with Crippen molar-refractivity contribution in [2.75, 3.05) is 0 Å². The lowest BCUT2D eigenvalue weighted by atomic mass is 10.4. The van der Waals surface area contributed by atoms with E-state index in [1.807, 2.05) is 23.9 Å². The minimum absolute atomic E-state index is 0.120. The number of aryl methyl sites for hydroxylation is 2. The SMILES string of the molecule is CCn1ccc(CNC(=O)Cn2cc(Cl)c(C)n2)n1. The van der Waals surface area contributed by atoms with Gasteiger partial charge in [0.15, 0.2) is 0 Å². The fraction of sp³-hybridized carbons (Fsp3) is 0.417. The molecule has 0 aliphatic carbocycles. The van der Waals surface area contributed by atoms with Crippen LogP contribution in [0.2, 0.25) is 5.02 Å². The second-order valence-electron chi connectivity index (χ2n) is 4.20. The van der Waals surface area contributed by atoms with Gasteiger partial charge in [0, 0.05) is 18.9 Å². The molecule has 0 radical (unpaired) electrons. The van der Waals surface area contributed by atoms with E-state index in [2.05, 4.69) is 15.5 Å². The predicted octanol–water partition coefficient (Wildman–Crippen LogP) is 1.38. The molecule has 0 bridgehead atoms. The summed E-state index contributed by atoms with van der Waals surface area (Å²) in [5, 5.41) is 11.8. The van der Waals surface area contributed by atoms with Crippen LogP contribution in [-0.2, 0) is 24.4 Å². The third kappa shape index (κ3) is 3.57. The average molecular weight is 282 g/mol. The summed E-state index contributed by atoms with van der Waals surface area (Å²) in [7, 11) is 0. The number of carbonyl (C=O) groups excluding carboxylic acids is 1. The van der Waals surface area contributed by atoms with Gasteiger partial charge in [0.05, 0.1) is 23.0 Å². The van der Waals surface area contributed by atoms with Crippen LogP contribution >= 0.6 is 11.6 Å². The molecule has 0 spiro atoms. The van der Waals surface area contributed by atoms with Crippen molar-refractivity contribution in [3.8, 4) is 0 Å². The highest BCUT2D eigenvalue weighted by Gasteiger charge is 2.07. The molecular formula is C12H16ClN5O. The molecule has 0 saturated carbocycles. The molecule has 1 amide bonds. The highest BCUT2D eigenvalue weighted by molar-refractivity contribution is 6.31. The Morgan fingerprint density at radius 2 is 2.21 bits per heavy atom. The van der Waals surface area contributed by atoms with Crippen molar-refractivity contribution in [1.82, 2.24) is 24.9 Å². The zero-order valence-electron chi connectivity index (χ0n) is 10.9. The molecule has 0 fully saturated rings. The Kier molecular flexibility index (Phi) is 4.21. The fourth-order valence-corrected chi connectivity index (χ4v) is 1.79. The third-order valence-corrected chi connectivity index (χ3v) is 3.05. The lowest BCUT2D eigenvalue weighted by Crippen LogP contribution is -2.27. The van der Waals surface area contributed by atoms with Crippen molar-refractivity contribution in [2.45, 2.75) is 33.5 Å². The van der Waals surface area contributed by atoms with Crippen LogP contribution in [0.4, 0.5) is 0 Å². The van der Waals surface area contributed by atoms with Crippen molar-refractivity contribution in [2.24, 2.45) is 0 Å². The summed E-state index contributed by atoms with van der Waals surface area (Å²) in [6.07, 6.45) is 3.53. The molecule has 102 valence electrons. The molecule has 2 rings (SSSR count). The molecule has 1 N–H and O–H groups in total. The largest absolute Gasteiger partial charge is 0.349 e. The molecule has 2 aromatic rings. The molecule has 0 atom stereocenters. The quantitative estimate of drug-likeness (QED) is 0.900. The van der Waals surface area contributed by atoms with Crippen molar-refractivity contribution in [3.63, 3.8) is 0 Å². The Labute approximate surface area is 116 Å². The van der Waals surface area contributed by atoms with Crippen molar-refractivity contribution < 1.29 is 4.79 Å². The van der Waals surface area contributed by atoms with E-state index >= 15 is 0 Å². The zero-order chi connectivity index (χ0) is 13.8. The molecule has 0 aliphatic heterocycles. The number of nitrogens with zero attached hydrogens (tertiary/aromatic N) is 4. The maximum Gasteiger partial charge on any atom is 0.242 e. The van der Waals surface area contributed by atoms with Gasteiger partial charge < -0.3 is 5.32 Å². The average Bonchev–Trinajstić information content (AvgIpc) is 2.94. The van der Waals surface area contributed by atoms with Gasteiger partial charge in [0.1, 0.15) is 6.54 Å². The number of aromatic nitrogens is 4. The monoisotopic (exact) mass is 281 g/mol. The highest BCUT2D eigenvalue weighted by Crippen LogP contribution is 2.11. The lowest BCUT2D eigenvalue weighted by molar-refractivity contribution is -0.122. The van der Waals surface area contributed by atoms with Crippen LogP contribution in [0.3, 0.4) is 0 Å². The number of rotatable bonds is 5. The summed E-state index contributed by atoms with van der Waals surface area (Å²) in [5.74, 6) is -0.120. The second kappa shape index (κ2) is 5.88. The summed E-state index contributed by atoms with van der Waals surface area (Å²) >= 11 is 5.88. The van der Waals surface area contributed by atoms with Gasteiger partial charge in [-0.2, -0.15) is 10.2 Å². The molecule has 2 heterocycles. The van der Waals surface area contributed by atoms with E-state index in [0.29, 0.717) is 11.6 Å². The van der Waals surface area contributed by atoms with Crippen molar-refractivity contribution in [1.29, 1.82) is 0 Å². The first-order valence-electron chi connectivity index (χ1n) is 6.07. The van der Waals surface area contributed by atoms with Crippen LogP contribution in [0.15, 0.2) is 18.5 Å². The minimum Gasteiger partial charge on any atom is -0.349 e. The normalized spacial score (nSPS) is 10.7. The number of halogens is 1. The predicted molar refractivity (Wildman–Crippen MR) is 71.7 cm³/mol. The van der Waals surface area contributed by atoms with E-state index < -0.39 is 0 Å². The van der Waals surface area contributed by atoms with E-state index in [9.17, 15) is 4.79 Å². The number of nitrogens with one attached hydrogen (secondary N) is 1. The van der Waals surface area contributed by atoms with Gasteiger partial charge in [-0.05, 0) is 19.9 Å². The number of carbonyl (C=O) groups is 1. The van der Waals surface area contributed by atoms with E-state index in [1.165, 1.54) is 4.68 Å². The van der Waals surface area contributed by atoms with Crippen molar-refractivity contribution in [3.05, 3.63) is 34.9 Å². The lowest BCUT2D eigenvalue weighted by Gasteiger charge is -2.03. The first-order chi connectivity index (χ1) is 9.08. The molecule has 6 nitrogen and oxygen atoms in total.